The SMILES string of the molecule is CC(=O)Oc1ccc(/C=C/c2cc(O)cc(OSP(I)I)c2)cc1. The van der Waals surface area contributed by atoms with E-state index in [0.29, 0.717) is 11.5 Å². The minimum atomic E-state index is -0.342. The summed E-state index contributed by atoms with van der Waals surface area (Å²) in [5, 5.41) is 9.81. The number of carbonyl (C=O) groups excluding carboxylic acids is 1. The molecule has 2 aromatic carbocycles. The number of benzene rings is 2. The van der Waals surface area contributed by atoms with Crippen LogP contribution >= 0.6 is 58.2 Å². The van der Waals surface area contributed by atoms with E-state index in [1.54, 1.807) is 24.3 Å². The average molecular weight is 586 g/mol. The van der Waals surface area contributed by atoms with Crippen LogP contribution in [0.5, 0.6) is 17.2 Å². The van der Waals surface area contributed by atoms with Crippen LogP contribution in [0.2, 0.25) is 0 Å². The summed E-state index contributed by atoms with van der Waals surface area (Å²) in [6, 6.07) is 12.3. The van der Waals surface area contributed by atoms with Crippen LogP contribution in [0.1, 0.15) is 18.1 Å². The molecule has 1 N–H and O–H groups in total. The molecule has 0 atom stereocenters. The number of rotatable bonds is 6. The van der Waals surface area contributed by atoms with E-state index in [4.69, 9.17) is 8.92 Å². The van der Waals surface area contributed by atoms with Gasteiger partial charge in [0, 0.05) is 13.0 Å². The Bertz CT molecular complexity index is 735. The molecule has 0 saturated carbocycles. The van der Waals surface area contributed by atoms with Gasteiger partial charge in [0.15, 0.2) is 0 Å². The van der Waals surface area contributed by atoms with Crippen LogP contribution in [0.4, 0.5) is 0 Å². The van der Waals surface area contributed by atoms with Gasteiger partial charge >= 0.3 is 5.97 Å². The molecule has 0 spiro atoms. The van der Waals surface area contributed by atoms with Crippen molar-refractivity contribution in [2.45, 2.75) is 6.92 Å². The third-order valence-corrected chi connectivity index (χ3v) is 6.55. The molecule has 0 radical (unpaired) electrons. The van der Waals surface area contributed by atoms with Gasteiger partial charge in [-0.2, -0.15) is 0 Å². The molecule has 2 rings (SSSR count). The molecule has 2 aromatic rings. The van der Waals surface area contributed by atoms with Crippen LogP contribution in [0.25, 0.3) is 12.2 Å². The fraction of sp³-hybridized carbons (Fsp3) is 0.0625. The number of aromatic hydroxyl groups is 1. The van der Waals surface area contributed by atoms with E-state index in [1.165, 1.54) is 18.6 Å². The Morgan fingerprint density at radius 1 is 1.08 bits per heavy atom. The highest BCUT2D eigenvalue weighted by atomic mass is 127. The van der Waals surface area contributed by atoms with Crippen LogP contribution in [0.15, 0.2) is 42.5 Å². The summed E-state index contributed by atoms with van der Waals surface area (Å²) >= 11 is 5.99. The monoisotopic (exact) mass is 586 g/mol. The second-order valence-corrected chi connectivity index (χ2v) is 22.1. The average Bonchev–Trinajstić information content (AvgIpc) is 2.51. The fourth-order valence-electron chi connectivity index (χ4n) is 1.83. The lowest BCUT2D eigenvalue weighted by atomic mass is 10.1. The van der Waals surface area contributed by atoms with Crippen molar-refractivity contribution in [3.8, 4) is 17.2 Å². The first-order valence-electron chi connectivity index (χ1n) is 6.69. The van der Waals surface area contributed by atoms with Gasteiger partial charge < -0.3 is 14.0 Å². The summed E-state index contributed by atoms with van der Waals surface area (Å²) in [6.45, 7) is 1.37. The minimum absolute atomic E-state index is 0.157. The van der Waals surface area contributed by atoms with Crippen molar-refractivity contribution in [2.75, 3.05) is 0 Å². The number of hydrogen-bond donors (Lipinski definition) is 1. The third-order valence-electron chi connectivity index (χ3n) is 2.71. The molecule has 0 aliphatic heterocycles. The summed E-state index contributed by atoms with van der Waals surface area (Å²) < 4.78 is 10.3. The van der Waals surface area contributed by atoms with Crippen molar-refractivity contribution >= 4 is 76.3 Å². The quantitative estimate of drug-likeness (QED) is 0.103. The summed E-state index contributed by atoms with van der Waals surface area (Å²) in [4.78, 5) is 10.9. The van der Waals surface area contributed by atoms with Crippen LogP contribution in [0, 0.1) is 0 Å². The highest BCUT2D eigenvalue weighted by Crippen LogP contribution is 2.64. The lowest BCUT2D eigenvalue weighted by molar-refractivity contribution is -0.131. The molecule has 126 valence electrons. The lowest BCUT2D eigenvalue weighted by Crippen LogP contribution is -2.00. The number of carbonyl (C=O) groups is 1. The number of phenolic OH excluding ortho intramolecular Hbond substituents is 1. The second-order valence-electron chi connectivity index (χ2n) is 4.62. The smallest absolute Gasteiger partial charge is 0.308 e. The van der Waals surface area contributed by atoms with E-state index >= 15 is 0 Å². The zero-order chi connectivity index (χ0) is 17.5. The number of esters is 1. The molecule has 0 aromatic heterocycles. The topological polar surface area (TPSA) is 55.8 Å². The van der Waals surface area contributed by atoms with E-state index in [2.05, 4.69) is 44.1 Å². The molecule has 0 unspecified atom stereocenters. The normalized spacial score (nSPS) is 11.0. The van der Waals surface area contributed by atoms with E-state index in [9.17, 15) is 9.90 Å². The first-order valence-corrected chi connectivity index (χ1v) is 15.0. The van der Waals surface area contributed by atoms with Gasteiger partial charge in [0.25, 0.3) is 0 Å². The summed E-state index contributed by atoms with van der Waals surface area (Å²) in [7, 11) is 0. The number of halogens is 2. The fourth-order valence-corrected chi connectivity index (χ4v) is 3.94. The maximum absolute atomic E-state index is 10.9. The number of phenols is 1. The molecule has 0 bridgehead atoms. The van der Waals surface area contributed by atoms with Crippen molar-refractivity contribution in [1.29, 1.82) is 0 Å². The first kappa shape index (κ1) is 19.8. The Labute approximate surface area is 171 Å². The van der Waals surface area contributed by atoms with Gasteiger partial charge in [0.1, 0.15) is 31.3 Å². The molecular weight excluding hydrogens is 573 g/mol. The van der Waals surface area contributed by atoms with E-state index < -0.39 is 0 Å². The molecule has 0 saturated heterocycles. The summed E-state index contributed by atoms with van der Waals surface area (Å²) in [5.74, 6) is 0.943. The van der Waals surface area contributed by atoms with Gasteiger partial charge in [0.2, 0.25) is 0 Å². The Morgan fingerprint density at radius 2 is 1.75 bits per heavy atom. The minimum Gasteiger partial charge on any atom is -0.508 e. The summed E-state index contributed by atoms with van der Waals surface area (Å²) in [5.41, 5.74) is 1.79. The Morgan fingerprint density at radius 3 is 2.38 bits per heavy atom. The Hall–Kier alpha value is -0.510. The Kier molecular flexibility index (Phi) is 8.12. The van der Waals surface area contributed by atoms with Gasteiger partial charge in [-0.3, -0.25) is 4.79 Å². The van der Waals surface area contributed by atoms with Gasteiger partial charge in [-0.05, 0) is 79.5 Å². The van der Waals surface area contributed by atoms with Crippen LogP contribution in [0.3, 0.4) is 0 Å². The van der Waals surface area contributed by atoms with Gasteiger partial charge in [-0.25, -0.2) is 0 Å². The largest absolute Gasteiger partial charge is 0.508 e. The molecule has 0 heterocycles. The third kappa shape index (κ3) is 7.16. The van der Waals surface area contributed by atoms with E-state index in [1.807, 2.05) is 30.4 Å². The van der Waals surface area contributed by atoms with E-state index in [-0.39, 0.29) is 14.1 Å². The number of ether oxygens (including phenoxy) is 1. The number of hydrogen-bond acceptors (Lipinski definition) is 5. The molecule has 0 amide bonds. The molecule has 0 aliphatic carbocycles. The zero-order valence-electron chi connectivity index (χ0n) is 12.5. The molecular formula is C16H13I2O4PS. The zero-order valence-corrected chi connectivity index (χ0v) is 18.5. The van der Waals surface area contributed by atoms with Crippen molar-refractivity contribution in [3.05, 3.63) is 53.6 Å². The van der Waals surface area contributed by atoms with Crippen molar-refractivity contribution in [3.63, 3.8) is 0 Å². The van der Waals surface area contributed by atoms with Crippen molar-refractivity contribution in [1.82, 2.24) is 0 Å². The van der Waals surface area contributed by atoms with Crippen molar-refractivity contribution in [2.24, 2.45) is 0 Å². The highest BCUT2D eigenvalue weighted by Gasteiger charge is 2.04. The predicted molar refractivity (Wildman–Crippen MR) is 118 cm³/mol. The van der Waals surface area contributed by atoms with Gasteiger partial charge in [0.05, 0.1) is 0 Å². The van der Waals surface area contributed by atoms with Crippen LogP contribution in [-0.4, -0.2) is 11.1 Å². The van der Waals surface area contributed by atoms with Gasteiger partial charge in [-0.15, -0.1) is 0 Å². The van der Waals surface area contributed by atoms with Crippen LogP contribution < -0.4 is 8.92 Å². The molecule has 24 heavy (non-hydrogen) atoms. The maximum Gasteiger partial charge on any atom is 0.308 e. The highest BCUT2D eigenvalue weighted by molar-refractivity contribution is 14.3. The molecule has 8 heteroatoms. The predicted octanol–water partition coefficient (Wildman–Crippen LogP) is 6.61. The first-order chi connectivity index (χ1) is 11.4. The van der Waals surface area contributed by atoms with Crippen molar-refractivity contribution < 1.29 is 18.8 Å². The second kappa shape index (κ2) is 9.84. The van der Waals surface area contributed by atoms with Gasteiger partial charge in [-0.1, -0.05) is 24.3 Å². The molecule has 0 fully saturated rings. The Balaban J connectivity index is 2.09. The van der Waals surface area contributed by atoms with E-state index in [0.717, 1.165) is 11.1 Å². The standard InChI is InChI=1S/C16H13I2O4PS/c1-11(19)21-15-6-4-12(5-7-15)2-3-13-8-14(20)10-16(9-13)22-24-23(17)18/h2-10,20H,1H3/b3-2+. The molecule has 0 aliphatic rings. The van der Waals surface area contributed by atoms with Crippen LogP contribution in [-0.2, 0) is 4.79 Å². The lowest BCUT2D eigenvalue weighted by Gasteiger charge is -2.06. The maximum atomic E-state index is 10.9. The summed E-state index contributed by atoms with van der Waals surface area (Å²) in [6.07, 6.45) is 3.79. The molecule has 4 nitrogen and oxygen atoms in total.